The fourth-order valence-electron chi connectivity index (χ4n) is 1.95. The minimum atomic E-state index is -2.79. The van der Waals surface area contributed by atoms with Gasteiger partial charge in [-0.25, -0.2) is 8.42 Å². The lowest BCUT2D eigenvalue weighted by Crippen LogP contribution is -2.29. The van der Waals surface area contributed by atoms with Crippen LogP contribution in [0.4, 0.5) is 0 Å². The molecule has 1 rings (SSSR count). The molecule has 90 valence electrons. The van der Waals surface area contributed by atoms with E-state index in [2.05, 4.69) is 12.2 Å². The molecule has 4 heteroatoms. The van der Waals surface area contributed by atoms with E-state index in [1.165, 1.54) is 25.7 Å². The van der Waals surface area contributed by atoms with Crippen molar-refractivity contribution >= 4 is 9.84 Å². The van der Waals surface area contributed by atoms with Crippen LogP contribution in [-0.4, -0.2) is 33.0 Å². The van der Waals surface area contributed by atoms with Crippen molar-refractivity contribution in [3.05, 3.63) is 0 Å². The zero-order valence-corrected chi connectivity index (χ0v) is 10.7. The number of sulfone groups is 1. The van der Waals surface area contributed by atoms with E-state index in [1.54, 1.807) is 6.92 Å². The zero-order valence-electron chi connectivity index (χ0n) is 9.88. The Balaban J connectivity index is 2.12. The Kier molecular flexibility index (Phi) is 4.59. The van der Waals surface area contributed by atoms with E-state index in [9.17, 15) is 8.42 Å². The molecule has 1 aliphatic carbocycles. The van der Waals surface area contributed by atoms with E-state index in [4.69, 9.17) is 0 Å². The van der Waals surface area contributed by atoms with E-state index in [0.29, 0.717) is 12.0 Å². The Morgan fingerprint density at radius 2 is 1.93 bits per heavy atom. The minimum Gasteiger partial charge on any atom is -0.315 e. The first-order chi connectivity index (χ1) is 7.04. The molecule has 1 saturated carbocycles. The third-order valence-corrected chi connectivity index (χ3v) is 4.97. The molecule has 0 heterocycles. The summed E-state index contributed by atoms with van der Waals surface area (Å²) in [7, 11) is -2.79. The summed E-state index contributed by atoms with van der Waals surface area (Å²) in [6.07, 6.45) is 5.14. The lowest BCUT2D eigenvalue weighted by Gasteiger charge is -2.14. The monoisotopic (exact) mass is 233 g/mol. The van der Waals surface area contributed by atoms with Gasteiger partial charge in [0.05, 0.1) is 5.75 Å². The second kappa shape index (κ2) is 5.30. The first-order valence-electron chi connectivity index (χ1n) is 5.95. The summed E-state index contributed by atoms with van der Waals surface area (Å²) in [5, 5.41) is 3.28. The van der Waals surface area contributed by atoms with E-state index >= 15 is 0 Å². The van der Waals surface area contributed by atoms with Crippen LogP contribution in [0.1, 0.15) is 39.5 Å². The molecule has 3 nitrogen and oxygen atoms in total. The summed E-state index contributed by atoms with van der Waals surface area (Å²) < 4.78 is 22.5. The second-order valence-electron chi connectivity index (χ2n) is 4.66. The van der Waals surface area contributed by atoms with Gasteiger partial charge in [0, 0.05) is 18.8 Å². The standard InChI is InChI=1S/C11H23NO2S/c1-3-5-11(6-7-11)10-12-8-9-15(13,14)4-2/h12H,3-10H2,1-2H3. The fourth-order valence-corrected chi connectivity index (χ4v) is 2.69. The zero-order chi connectivity index (χ0) is 11.4. The van der Waals surface area contributed by atoms with E-state index in [0.717, 1.165) is 6.54 Å². The Hall–Kier alpha value is -0.0900. The van der Waals surface area contributed by atoms with Crippen molar-refractivity contribution in [3.8, 4) is 0 Å². The van der Waals surface area contributed by atoms with Crippen LogP contribution >= 0.6 is 0 Å². The maximum Gasteiger partial charge on any atom is 0.151 e. The summed E-state index contributed by atoms with van der Waals surface area (Å²) in [4.78, 5) is 0. The predicted molar refractivity (Wildman–Crippen MR) is 63.8 cm³/mol. The molecule has 0 aromatic carbocycles. The molecule has 0 atom stereocenters. The van der Waals surface area contributed by atoms with Crippen molar-refractivity contribution in [1.29, 1.82) is 0 Å². The molecule has 0 saturated heterocycles. The first-order valence-corrected chi connectivity index (χ1v) is 7.77. The molecule has 0 radical (unpaired) electrons. The highest BCUT2D eigenvalue weighted by atomic mass is 32.2. The third kappa shape index (κ3) is 4.51. The molecular formula is C11H23NO2S. The van der Waals surface area contributed by atoms with Gasteiger partial charge in [-0.2, -0.15) is 0 Å². The molecular weight excluding hydrogens is 210 g/mol. The average Bonchev–Trinajstić information content (AvgIpc) is 2.94. The summed E-state index contributed by atoms with van der Waals surface area (Å²) in [5.41, 5.74) is 0.519. The molecule has 0 aromatic heterocycles. The normalized spacial score (nSPS) is 19.1. The van der Waals surface area contributed by atoms with Gasteiger partial charge in [-0.1, -0.05) is 20.3 Å². The maximum atomic E-state index is 11.2. The van der Waals surface area contributed by atoms with Crippen molar-refractivity contribution < 1.29 is 8.42 Å². The topological polar surface area (TPSA) is 46.2 Å². The van der Waals surface area contributed by atoms with Gasteiger partial charge in [-0.05, 0) is 24.7 Å². The van der Waals surface area contributed by atoms with Crippen LogP contribution in [0, 0.1) is 5.41 Å². The number of rotatable bonds is 8. The van der Waals surface area contributed by atoms with Gasteiger partial charge in [0.1, 0.15) is 0 Å². The summed E-state index contributed by atoms with van der Waals surface area (Å²) in [6, 6.07) is 0. The lowest BCUT2D eigenvalue weighted by molar-refractivity contribution is 0.427. The molecule has 0 aromatic rings. The molecule has 15 heavy (non-hydrogen) atoms. The summed E-state index contributed by atoms with van der Waals surface area (Å²) in [6.45, 7) is 5.53. The molecule has 1 aliphatic rings. The molecule has 0 spiro atoms. The summed E-state index contributed by atoms with van der Waals surface area (Å²) in [5.74, 6) is 0.542. The average molecular weight is 233 g/mol. The lowest BCUT2D eigenvalue weighted by atomic mass is 10.0. The van der Waals surface area contributed by atoms with Crippen molar-refractivity contribution in [2.75, 3.05) is 24.6 Å². The van der Waals surface area contributed by atoms with Crippen molar-refractivity contribution in [2.24, 2.45) is 5.41 Å². The highest BCUT2D eigenvalue weighted by molar-refractivity contribution is 7.91. The maximum absolute atomic E-state index is 11.2. The van der Waals surface area contributed by atoms with Crippen LogP contribution in [0.2, 0.25) is 0 Å². The van der Waals surface area contributed by atoms with Crippen molar-refractivity contribution in [2.45, 2.75) is 39.5 Å². The van der Waals surface area contributed by atoms with E-state index < -0.39 is 9.84 Å². The van der Waals surface area contributed by atoms with Crippen LogP contribution in [0.25, 0.3) is 0 Å². The number of nitrogens with one attached hydrogen (secondary N) is 1. The van der Waals surface area contributed by atoms with Crippen LogP contribution in [-0.2, 0) is 9.84 Å². The van der Waals surface area contributed by atoms with Crippen LogP contribution in [0.15, 0.2) is 0 Å². The third-order valence-electron chi connectivity index (χ3n) is 3.27. The van der Waals surface area contributed by atoms with Crippen molar-refractivity contribution in [3.63, 3.8) is 0 Å². The molecule has 1 N–H and O–H groups in total. The van der Waals surface area contributed by atoms with Gasteiger partial charge in [-0.3, -0.25) is 0 Å². The van der Waals surface area contributed by atoms with Crippen LogP contribution < -0.4 is 5.32 Å². The number of hydrogen-bond acceptors (Lipinski definition) is 3. The molecule has 0 bridgehead atoms. The molecule has 0 amide bonds. The second-order valence-corrected chi connectivity index (χ2v) is 7.14. The largest absolute Gasteiger partial charge is 0.315 e. The van der Waals surface area contributed by atoms with E-state index in [1.807, 2.05) is 0 Å². The van der Waals surface area contributed by atoms with Crippen LogP contribution in [0.5, 0.6) is 0 Å². The number of hydrogen-bond donors (Lipinski definition) is 1. The van der Waals surface area contributed by atoms with Gasteiger partial charge in [0.25, 0.3) is 0 Å². The Morgan fingerprint density at radius 3 is 2.40 bits per heavy atom. The fraction of sp³-hybridized carbons (Fsp3) is 1.00. The first kappa shape index (κ1) is 13.0. The highest BCUT2D eigenvalue weighted by Crippen LogP contribution is 2.48. The Labute approximate surface area is 93.6 Å². The van der Waals surface area contributed by atoms with Gasteiger partial charge in [0.15, 0.2) is 9.84 Å². The molecule has 1 fully saturated rings. The Morgan fingerprint density at radius 1 is 1.27 bits per heavy atom. The predicted octanol–water partition coefficient (Wildman–Crippen LogP) is 1.59. The van der Waals surface area contributed by atoms with E-state index in [-0.39, 0.29) is 11.5 Å². The SMILES string of the molecule is CCCC1(CNCCS(=O)(=O)CC)CC1. The smallest absolute Gasteiger partial charge is 0.151 e. The highest BCUT2D eigenvalue weighted by Gasteiger charge is 2.40. The molecule has 0 unspecified atom stereocenters. The minimum absolute atomic E-state index is 0.259. The van der Waals surface area contributed by atoms with Gasteiger partial charge >= 0.3 is 0 Å². The van der Waals surface area contributed by atoms with Crippen molar-refractivity contribution in [1.82, 2.24) is 5.32 Å². The van der Waals surface area contributed by atoms with Gasteiger partial charge in [0.2, 0.25) is 0 Å². The van der Waals surface area contributed by atoms with Gasteiger partial charge < -0.3 is 5.32 Å². The van der Waals surface area contributed by atoms with Crippen LogP contribution in [0.3, 0.4) is 0 Å². The summed E-state index contributed by atoms with van der Waals surface area (Å²) >= 11 is 0. The molecule has 0 aliphatic heterocycles. The quantitative estimate of drug-likeness (QED) is 0.648. The van der Waals surface area contributed by atoms with Gasteiger partial charge in [-0.15, -0.1) is 0 Å². The Bertz CT molecular complexity index is 281.